The van der Waals surface area contributed by atoms with Gasteiger partial charge >= 0.3 is 0 Å². The quantitative estimate of drug-likeness (QED) is 0.857. The summed E-state index contributed by atoms with van der Waals surface area (Å²) < 4.78 is 5.76. The van der Waals surface area contributed by atoms with E-state index in [4.69, 9.17) is 22.1 Å². The number of para-hydroxylation sites is 1. The molecular formula is C17H20ClNO. The highest BCUT2D eigenvalue weighted by Gasteiger charge is 2.12. The molecule has 0 saturated heterocycles. The van der Waals surface area contributed by atoms with Crippen LogP contribution in [0, 0.1) is 0 Å². The summed E-state index contributed by atoms with van der Waals surface area (Å²) in [7, 11) is 0. The highest BCUT2D eigenvalue weighted by atomic mass is 35.5. The third kappa shape index (κ3) is 3.99. The summed E-state index contributed by atoms with van der Waals surface area (Å²) >= 11 is 5.90. The van der Waals surface area contributed by atoms with E-state index in [1.54, 1.807) is 0 Å². The number of hydrogen-bond donors (Lipinski definition) is 1. The SMILES string of the molecule is CCCOc1ccccc1C(N)Cc1ccc(Cl)cc1. The number of benzene rings is 2. The van der Waals surface area contributed by atoms with Crippen LogP contribution in [-0.4, -0.2) is 6.61 Å². The van der Waals surface area contributed by atoms with Crippen molar-refractivity contribution in [3.63, 3.8) is 0 Å². The third-order valence-corrected chi connectivity index (χ3v) is 3.40. The molecule has 3 heteroatoms. The third-order valence-electron chi connectivity index (χ3n) is 3.15. The summed E-state index contributed by atoms with van der Waals surface area (Å²) in [6.45, 7) is 2.81. The molecule has 0 bridgehead atoms. The van der Waals surface area contributed by atoms with E-state index in [9.17, 15) is 0 Å². The van der Waals surface area contributed by atoms with E-state index in [1.165, 1.54) is 5.56 Å². The molecule has 1 atom stereocenters. The summed E-state index contributed by atoms with van der Waals surface area (Å²) in [5.41, 5.74) is 8.55. The van der Waals surface area contributed by atoms with Gasteiger partial charge < -0.3 is 10.5 Å². The Balaban J connectivity index is 2.12. The number of halogens is 1. The molecule has 1 unspecified atom stereocenters. The number of rotatable bonds is 6. The Morgan fingerprint density at radius 1 is 1.10 bits per heavy atom. The number of nitrogens with two attached hydrogens (primary N) is 1. The molecule has 0 radical (unpaired) electrons. The molecule has 0 spiro atoms. The molecule has 0 amide bonds. The molecule has 0 fully saturated rings. The fourth-order valence-corrected chi connectivity index (χ4v) is 2.24. The summed E-state index contributed by atoms with van der Waals surface area (Å²) in [6, 6.07) is 15.7. The van der Waals surface area contributed by atoms with Crippen molar-refractivity contribution >= 4 is 11.6 Å². The van der Waals surface area contributed by atoms with Gasteiger partial charge in [0, 0.05) is 16.6 Å². The van der Waals surface area contributed by atoms with E-state index in [0.29, 0.717) is 6.61 Å². The van der Waals surface area contributed by atoms with Crippen LogP contribution in [-0.2, 0) is 6.42 Å². The summed E-state index contributed by atoms with van der Waals surface area (Å²) in [5, 5.41) is 0.744. The Morgan fingerprint density at radius 2 is 1.80 bits per heavy atom. The highest BCUT2D eigenvalue weighted by molar-refractivity contribution is 6.30. The smallest absolute Gasteiger partial charge is 0.124 e. The Morgan fingerprint density at radius 3 is 2.50 bits per heavy atom. The van der Waals surface area contributed by atoms with Crippen molar-refractivity contribution < 1.29 is 4.74 Å². The van der Waals surface area contributed by atoms with Gasteiger partial charge in [-0.25, -0.2) is 0 Å². The molecule has 0 aliphatic rings. The van der Waals surface area contributed by atoms with Crippen molar-refractivity contribution in [2.75, 3.05) is 6.61 Å². The molecular weight excluding hydrogens is 270 g/mol. The van der Waals surface area contributed by atoms with Gasteiger partial charge in [-0.15, -0.1) is 0 Å². The van der Waals surface area contributed by atoms with Crippen LogP contribution in [0.1, 0.15) is 30.5 Å². The standard InChI is InChI=1S/C17H20ClNO/c1-2-11-20-17-6-4-3-5-15(17)16(19)12-13-7-9-14(18)10-8-13/h3-10,16H,2,11-12,19H2,1H3. The lowest BCUT2D eigenvalue weighted by Crippen LogP contribution is -2.15. The predicted octanol–water partition coefficient (Wildman–Crippen LogP) is 4.37. The molecule has 0 aliphatic heterocycles. The van der Waals surface area contributed by atoms with Gasteiger partial charge in [-0.1, -0.05) is 48.9 Å². The molecule has 0 aliphatic carbocycles. The zero-order valence-electron chi connectivity index (χ0n) is 11.7. The first-order valence-electron chi connectivity index (χ1n) is 6.92. The van der Waals surface area contributed by atoms with E-state index in [2.05, 4.69) is 6.92 Å². The largest absolute Gasteiger partial charge is 0.493 e. The van der Waals surface area contributed by atoms with Crippen LogP contribution in [0.3, 0.4) is 0 Å². The second-order valence-corrected chi connectivity index (χ2v) is 5.26. The van der Waals surface area contributed by atoms with Crippen molar-refractivity contribution in [1.29, 1.82) is 0 Å². The first-order chi connectivity index (χ1) is 9.70. The summed E-state index contributed by atoms with van der Waals surface area (Å²) in [5.74, 6) is 0.885. The van der Waals surface area contributed by atoms with Gasteiger partial charge in [-0.05, 0) is 36.6 Å². The van der Waals surface area contributed by atoms with Gasteiger partial charge in [0.25, 0.3) is 0 Å². The minimum Gasteiger partial charge on any atom is -0.493 e. The second kappa shape index (κ2) is 7.32. The molecule has 20 heavy (non-hydrogen) atoms. The lowest BCUT2D eigenvalue weighted by molar-refractivity contribution is 0.312. The van der Waals surface area contributed by atoms with Crippen LogP contribution in [0.5, 0.6) is 5.75 Å². The lowest BCUT2D eigenvalue weighted by Gasteiger charge is -2.17. The highest BCUT2D eigenvalue weighted by Crippen LogP contribution is 2.26. The Kier molecular flexibility index (Phi) is 5.45. The van der Waals surface area contributed by atoms with Crippen LogP contribution in [0.2, 0.25) is 5.02 Å². The van der Waals surface area contributed by atoms with Crippen molar-refractivity contribution in [2.24, 2.45) is 5.73 Å². The average Bonchev–Trinajstić information content (AvgIpc) is 2.47. The minimum atomic E-state index is -0.0794. The van der Waals surface area contributed by atoms with Crippen LogP contribution in [0.25, 0.3) is 0 Å². The average molecular weight is 290 g/mol. The van der Waals surface area contributed by atoms with Crippen LogP contribution in [0.15, 0.2) is 48.5 Å². The lowest BCUT2D eigenvalue weighted by atomic mass is 9.99. The molecule has 2 nitrogen and oxygen atoms in total. The van der Waals surface area contributed by atoms with E-state index in [-0.39, 0.29) is 6.04 Å². The van der Waals surface area contributed by atoms with Crippen molar-refractivity contribution in [1.82, 2.24) is 0 Å². The van der Waals surface area contributed by atoms with Gasteiger partial charge in [-0.3, -0.25) is 0 Å². The van der Waals surface area contributed by atoms with Crippen molar-refractivity contribution in [2.45, 2.75) is 25.8 Å². The maximum Gasteiger partial charge on any atom is 0.124 e. The monoisotopic (exact) mass is 289 g/mol. The van der Waals surface area contributed by atoms with Crippen molar-refractivity contribution in [3.8, 4) is 5.75 Å². The predicted molar refractivity (Wildman–Crippen MR) is 84.3 cm³/mol. The zero-order valence-corrected chi connectivity index (χ0v) is 12.4. The molecule has 2 aromatic carbocycles. The van der Waals surface area contributed by atoms with Crippen LogP contribution < -0.4 is 10.5 Å². The van der Waals surface area contributed by atoms with Crippen LogP contribution >= 0.6 is 11.6 Å². The van der Waals surface area contributed by atoms with Gasteiger partial charge in [0.05, 0.1) is 6.61 Å². The topological polar surface area (TPSA) is 35.2 Å². The second-order valence-electron chi connectivity index (χ2n) is 4.82. The fourth-order valence-electron chi connectivity index (χ4n) is 2.11. The fraction of sp³-hybridized carbons (Fsp3) is 0.294. The Bertz CT molecular complexity index is 539. The first-order valence-corrected chi connectivity index (χ1v) is 7.30. The first kappa shape index (κ1) is 14.9. The normalized spacial score (nSPS) is 12.2. The number of hydrogen-bond acceptors (Lipinski definition) is 2. The van der Waals surface area contributed by atoms with E-state index in [1.807, 2.05) is 48.5 Å². The Labute approximate surface area is 125 Å². The summed E-state index contributed by atoms with van der Waals surface area (Å²) in [4.78, 5) is 0. The molecule has 0 saturated carbocycles. The minimum absolute atomic E-state index is 0.0794. The zero-order chi connectivity index (χ0) is 14.4. The van der Waals surface area contributed by atoms with Gasteiger partial charge in [0.15, 0.2) is 0 Å². The maximum atomic E-state index is 6.32. The molecule has 2 N–H and O–H groups in total. The van der Waals surface area contributed by atoms with Gasteiger partial charge in [0.2, 0.25) is 0 Å². The maximum absolute atomic E-state index is 6.32. The van der Waals surface area contributed by atoms with Gasteiger partial charge in [-0.2, -0.15) is 0 Å². The summed E-state index contributed by atoms with van der Waals surface area (Å²) in [6.07, 6.45) is 1.75. The Hall–Kier alpha value is -1.51. The van der Waals surface area contributed by atoms with Crippen LogP contribution in [0.4, 0.5) is 0 Å². The van der Waals surface area contributed by atoms with E-state index in [0.717, 1.165) is 29.2 Å². The molecule has 106 valence electrons. The van der Waals surface area contributed by atoms with E-state index >= 15 is 0 Å². The van der Waals surface area contributed by atoms with Crippen molar-refractivity contribution in [3.05, 3.63) is 64.7 Å². The molecule has 0 heterocycles. The number of ether oxygens (including phenoxy) is 1. The molecule has 2 aromatic rings. The molecule has 0 aromatic heterocycles. The molecule has 2 rings (SSSR count). The van der Waals surface area contributed by atoms with Gasteiger partial charge in [0.1, 0.15) is 5.75 Å². The van der Waals surface area contributed by atoms with E-state index < -0.39 is 0 Å².